The highest BCUT2D eigenvalue weighted by Gasteiger charge is 2.20. The van der Waals surface area contributed by atoms with E-state index >= 15 is 0 Å². The van der Waals surface area contributed by atoms with Crippen LogP contribution < -0.4 is 15.4 Å². The van der Waals surface area contributed by atoms with Crippen LogP contribution >= 0.6 is 0 Å². The zero-order chi connectivity index (χ0) is 23.9. The minimum atomic E-state index is -1.01. The number of ether oxygens (including phenoxy) is 1. The van der Waals surface area contributed by atoms with E-state index in [4.69, 9.17) is 9.72 Å². The molecule has 9 heteroatoms. The lowest BCUT2D eigenvalue weighted by Crippen LogP contribution is -2.30. The second-order valence-electron chi connectivity index (χ2n) is 8.37. The van der Waals surface area contributed by atoms with Gasteiger partial charge in [0.2, 0.25) is 5.88 Å². The van der Waals surface area contributed by atoms with Crippen molar-refractivity contribution in [1.29, 1.82) is 0 Å². The Kier molecular flexibility index (Phi) is 7.41. The molecule has 34 heavy (non-hydrogen) atoms. The van der Waals surface area contributed by atoms with Crippen LogP contribution in [0.15, 0.2) is 42.7 Å². The van der Waals surface area contributed by atoms with Crippen molar-refractivity contribution in [3.05, 3.63) is 70.8 Å². The number of carboxylic acids is 1. The van der Waals surface area contributed by atoms with Crippen LogP contribution in [0, 0.1) is 0 Å². The molecule has 1 aliphatic heterocycles. The van der Waals surface area contributed by atoms with Crippen molar-refractivity contribution in [1.82, 2.24) is 20.3 Å². The van der Waals surface area contributed by atoms with Crippen LogP contribution in [-0.2, 0) is 24.1 Å². The summed E-state index contributed by atoms with van der Waals surface area (Å²) >= 11 is 0. The normalized spacial score (nSPS) is 13.4. The number of pyridine rings is 2. The second-order valence-corrected chi connectivity index (χ2v) is 8.37. The number of anilines is 1. The van der Waals surface area contributed by atoms with Gasteiger partial charge in [-0.25, -0.2) is 9.97 Å². The Hall–Kier alpha value is -3.88. The Morgan fingerprint density at radius 3 is 2.88 bits per heavy atom. The van der Waals surface area contributed by atoms with Crippen LogP contribution in [0.4, 0.5) is 5.82 Å². The summed E-state index contributed by atoms with van der Waals surface area (Å²) < 4.78 is 5.04. The SMILES string of the molecule is COc1ccc([C@H](CC(=O)O)NC(=O)c2cc(CCCc3ccc4c(n3)NCCC4)c[nH]2)cn1. The van der Waals surface area contributed by atoms with Crippen molar-refractivity contribution >= 4 is 17.7 Å². The monoisotopic (exact) mass is 463 g/mol. The molecular weight excluding hydrogens is 434 g/mol. The average Bonchev–Trinajstić information content (AvgIpc) is 3.32. The molecule has 0 saturated carbocycles. The molecule has 0 radical (unpaired) electrons. The molecule has 1 aliphatic rings. The van der Waals surface area contributed by atoms with Gasteiger partial charge in [0.25, 0.3) is 5.91 Å². The number of hydrogen-bond acceptors (Lipinski definition) is 6. The number of aryl methyl sites for hydroxylation is 3. The molecule has 1 atom stereocenters. The molecule has 4 rings (SSSR count). The van der Waals surface area contributed by atoms with Crippen LogP contribution in [0.25, 0.3) is 0 Å². The summed E-state index contributed by atoms with van der Waals surface area (Å²) in [7, 11) is 1.50. The van der Waals surface area contributed by atoms with E-state index in [2.05, 4.69) is 32.7 Å². The molecule has 178 valence electrons. The topological polar surface area (TPSA) is 129 Å². The first-order valence-corrected chi connectivity index (χ1v) is 11.4. The summed E-state index contributed by atoms with van der Waals surface area (Å²) in [5, 5.41) is 15.4. The third kappa shape index (κ3) is 5.92. The summed E-state index contributed by atoms with van der Waals surface area (Å²) in [6, 6.07) is 8.69. The largest absolute Gasteiger partial charge is 0.481 e. The highest BCUT2D eigenvalue weighted by Crippen LogP contribution is 2.21. The summed E-state index contributed by atoms with van der Waals surface area (Å²) in [5.41, 5.74) is 4.34. The first-order valence-electron chi connectivity index (χ1n) is 11.4. The van der Waals surface area contributed by atoms with Gasteiger partial charge in [-0.1, -0.05) is 12.1 Å². The fraction of sp³-hybridized carbons (Fsp3) is 0.360. The summed E-state index contributed by atoms with van der Waals surface area (Å²) in [5.74, 6) is 0.0439. The van der Waals surface area contributed by atoms with Gasteiger partial charge in [-0.15, -0.1) is 0 Å². The zero-order valence-corrected chi connectivity index (χ0v) is 19.1. The molecule has 0 aliphatic carbocycles. The number of carbonyl (C=O) groups is 2. The molecule has 3 aromatic heterocycles. The van der Waals surface area contributed by atoms with Gasteiger partial charge < -0.3 is 25.5 Å². The standard InChI is InChI=1S/C25H29N5O4/c1-34-22-10-8-18(15-28-22)20(13-23(31)32)30-25(33)21-12-16(14-27-21)4-2-6-19-9-7-17-5-3-11-26-24(17)29-19/h7-10,12,14-15,20,27H,2-6,11,13H2,1H3,(H,26,29)(H,30,33)(H,31,32)/t20-/m0/s1. The lowest BCUT2D eigenvalue weighted by atomic mass is 10.0. The number of carboxylic acid groups (broad SMARTS) is 1. The number of nitrogens with zero attached hydrogens (tertiary/aromatic N) is 2. The van der Waals surface area contributed by atoms with Crippen LogP contribution in [0.3, 0.4) is 0 Å². The van der Waals surface area contributed by atoms with E-state index in [1.807, 2.05) is 6.20 Å². The van der Waals surface area contributed by atoms with Crippen molar-refractivity contribution in [2.24, 2.45) is 0 Å². The molecule has 9 nitrogen and oxygen atoms in total. The lowest BCUT2D eigenvalue weighted by Gasteiger charge is -2.17. The van der Waals surface area contributed by atoms with E-state index in [1.165, 1.54) is 18.9 Å². The van der Waals surface area contributed by atoms with Gasteiger partial charge in [0.1, 0.15) is 11.5 Å². The van der Waals surface area contributed by atoms with Gasteiger partial charge in [0.15, 0.2) is 0 Å². The number of fused-ring (bicyclic) bond motifs is 1. The third-order valence-electron chi connectivity index (χ3n) is 5.89. The van der Waals surface area contributed by atoms with Gasteiger partial charge in [0.05, 0.1) is 19.6 Å². The van der Waals surface area contributed by atoms with Crippen molar-refractivity contribution < 1.29 is 19.4 Å². The van der Waals surface area contributed by atoms with E-state index < -0.39 is 12.0 Å². The number of aromatic amines is 1. The minimum Gasteiger partial charge on any atom is -0.481 e. The number of rotatable bonds is 10. The number of amides is 1. The number of aromatic nitrogens is 3. The van der Waals surface area contributed by atoms with E-state index in [1.54, 1.807) is 18.2 Å². The third-order valence-corrected chi connectivity index (χ3v) is 5.89. The fourth-order valence-corrected chi connectivity index (χ4v) is 4.08. The molecule has 0 unspecified atom stereocenters. The minimum absolute atomic E-state index is 0.254. The summed E-state index contributed by atoms with van der Waals surface area (Å²) in [4.78, 5) is 36.0. The molecule has 0 fully saturated rings. The average molecular weight is 464 g/mol. The number of methoxy groups -OCH3 is 1. The number of H-pyrrole nitrogens is 1. The van der Waals surface area contributed by atoms with E-state index in [0.29, 0.717) is 17.1 Å². The van der Waals surface area contributed by atoms with E-state index in [0.717, 1.165) is 55.7 Å². The fourth-order valence-electron chi connectivity index (χ4n) is 4.08. The van der Waals surface area contributed by atoms with Crippen molar-refractivity contribution in [3.8, 4) is 5.88 Å². The lowest BCUT2D eigenvalue weighted by molar-refractivity contribution is -0.137. The first kappa shape index (κ1) is 23.3. The van der Waals surface area contributed by atoms with Crippen LogP contribution in [0.5, 0.6) is 5.88 Å². The maximum atomic E-state index is 12.8. The molecular formula is C25H29N5O4. The number of carbonyl (C=O) groups excluding carboxylic acids is 1. The summed E-state index contributed by atoms with van der Waals surface area (Å²) in [6.07, 6.45) is 7.86. The zero-order valence-electron chi connectivity index (χ0n) is 19.1. The maximum Gasteiger partial charge on any atom is 0.305 e. The van der Waals surface area contributed by atoms with E-state index in [9.17, 15) is 14.7 Å². The number of nitrogens with one attached hydrogen (secondary N) is 3. The Balaban J connectivity index is 1.33. The number of aliphatic carboxylic acids is 1. The Labute approximate surface area is 198 Å². The molecule has 0 bridgehead atoms. The quantitative estimate of drug-likeness (QED) is 0.363. The highest BCUT2D eigenvalue weighted by atomic mass is 16.5. The first-order chi connectivity index (χ1) is 16.5. The molecule has 0 spiro atoms. The van der Waals surface area contributed by atoms with Crippen LogP contribution in [-0.4, -0.2) is 45.6 Å². The Morgan fingerprint density at radius 1 is 1.24 bits per heavy atom. The van der Waals surface area contributed by atoms with Crippen LogP contribution in [0.1, 0.15) is 58.2 Å². The van der Waals surface area contributed by atoms with Gasteiger partial charge in [-0.05, 0) is 60.9 Å². The van der Waals surface area contributed by atoms with Crippen LogP contribution in [0.2, 0.25) is 0 Å². The van der Waals surface area contributed by atoms with Crippen molar-refractivity contribution in [3.63, 3.8) is 0 Å². The number of hydrogen-bond donors (Lipinski definition) is 4. The van der Waals surface area contributed by atoms with Gasteiger partial charge in [-0.2, -0.15) is 0 Å². The van der Waals surface area contributed by atoms with Gasteiger partial charge >= 0.3 is 5.97 Å². The predicted octanol–water partition coefficient (Wildman–Crippen LogP) is 3.29. The van der Waals surface area contributed by atoms with Gasteiger partial charge in [0, 0.05) is 30.7 Å². The Morgan fingerprint density at radius 2 is 2.12 bits per heavy atom. The Bertz CT molecular complexity index is 1140. The molecule has 4 N–H and O–H groups in total. The smallest absolute Gasteiger partial charge is 0.305 e. The van der Waals surface area contributed by atoms with Crippen molar-refractivity contribution in [2.75, 3.05) is 19.0 Å². The molecule has 3 aromatic rings. The van der Waals surface area contributed by atoms with Crippen molar-refractivity contribution in [2.45, 2.75) is 44.6 Å². The molecule has 0 saturated heterocycles. The molecule has 4 heterocycles. The predicted molar refractivity (Wildman–Crippen MR) is 127 cm³/mol. The van der Waals surface area contributed by atoms with E-state index in [-0.39, 0.29) is 12.3 Å². The summed E-state index contributed by atoms with van der Waals surface area (Å²) in [6.45, 7) is 0.972. The molecule has 1 amide bonds. The second kappa shape index (κ2) is 10.8. The van der Waals surface area contributed by atoms with Gasteiger partial charge in [-0.3, -0.25) is 9.59 Å². The highest BCUT2D eigenvalue weighted by molar-refractivity contribution is 5.93. The maximum absolute atomic E-state index is 12.8. The molecule has 0 aromatic carbocycles.